The average Bonchev–Trinajstić information content (AvgIpc) is 3.06. The van der Waals surface area contributed by atoms with Crippen LogP contribution in [0, 0.1) is 0 Å². The molecule has 0 atom stereocenters. The van der Waals surface area contributed by atoms with Gasteiger partial charge in [-0.1, -0.05) is 30.3 Å². The Morgan fingerprint density at radius 1 is 1.14 bits per heavy atom. The number of nitrogens with zero attached hydrogens (tertiary/aromatic N) is 2. The number of hydrogen-bond donors (Lipinski definition) is 1. The summed E-state index contributed by atoms with van der Waals surface area (Å²) in [7, 11) is 1.62. The van der Waals surface area contributed by atoms with Gasteiger partial charge in [-0.15, -0.1) is 0 Å². The first-order valence-electron chi connectivity index (χ1n) is 9.82. The minimum atomic E-state index is -0.0894. The number of fused-ring (bicyclic) bond motifs is 3. The minimum absolute atomic E-state index is 0.0894. The highest BCUT2D eigenvalue weighted by Gasteiger charge is 2.19. The first kappa shape index (κ1) is 18.3. The first-order chi connectivity index (χ1) is 13.8. The van der Waals surface area contributed by atoms with Gasteiger partial charge in [-0.2, -0.15) is 5.10 Å². The molecule has 1 N–H and O–H groups in total. The second kappa shape index (κ2) is 8.30. The van der Waals surface area contributed by atoms with Gasteiger partial charge in [0.15, 0.2) is 0 Å². The van der Waals surface area contributed by atoms with E-state index in [1.165, 1.54) is 35.0 Å². The summed E-state index contributed by atoms with van der Waals surface area (Å²) in [5.41, 5.74) is 7.57. The Morgan fingerprint density at radius 3 is 2.82 bits per heavy atom. The molecule has 1 aliphatic carbocycles. The normalized spacial score (nSPS) is 13.6. The number of aromatic nitrogens is 1. The van der Waals surface area contributed by atoms with Gasteiger partial charge in [0.2, 0.25) is 5.91 Å². The van der Waals surface area contributed by atoms with Crippen LogP contribution in [0.5, 0.6) is 5.75 Å². The molecule has 1 amide bonds. The molecule has 0 aliphatic heterocycles. The molecule has 0 fully saturated rings. The number of rotatable bonds is 6. The van der Waals surface area contributed by atoms with E-state index in [1.807, 2.05) is 24.3 Å². The van der Waals surface area contributed by atoms with Crippen molar-refractivity contribution in [2.75, 3.05) is 7.11 Å². The molecular formula is C23H25N3O2. The molecule has 144 valence electrons. The van der Waals surface area contributed by atoms with Gasteiger partial charge in [0.05, 0.1) is 13.3 Å². The van der Waals surface area contributed by atoms with E-state index in [0.29, 0.717) is 13.0 Å². The van der Waals surface area contributed by atoms with Gasteiger partial charge >= 0.3 is 0 Å². The highest BCUT2D eigenvalue weighted by molar-refractivity contribution is 5.87. The maximum atomic E-state index is 12.3. The van der Waals surface area contributed by atoms with Crippen molar-refractivity contribution in [3.05, 3.63) is 65.4 Å². The number of ether oxygens (including phenoxy) is 1. The van der Waals surface area contributed by atoms with Gasteiger partial charge in [-0.25, -0.2) is 5.43 Å². The summed E-state index contributed by atoms with van der Waals surface area (Å²) in [6, 6.07) is 16.1. The summed E-state index contributed by atoms with van der Waals surface area (Å²) in [5.74, 6) is 0.638. The standard InChI is InChI=1S/C23H25N3O2/c1-28-22-13-7-2-8-17(22)16-24-25-23(27)14-15-26-20-11-5-3-9-18(20)19-10-4-6-12-21(19)26/h2-3,5,7-9,11,13,16H,4,6,10,12,14-15H2,1H3,(H,25,27). The lowest BCUT2D eigenvalue weighted by molar-refractivity contribution is -0.121. The zero-order valence-electron chi connectivity index (χ0n) is 16.1. The molecule has 0 bridgehead atoms. The van der Waals surface area contributed by atoms with Crippen LogP contribution in [-0.2, 0) is 24.2 Å². The number of aryl methyl sites for hydroxylation is 2. The highest BCUT2D eigenvalue weighted by atomic mass is 16.5. The maximum absolute atomic E-state index is 12.3. The van der Waals surface area contributed by atoms with Gasteiger partial charge in [0.25, 0.3) is 0 Å². The number of hydrogen-bond acceptors (Lipinski definition) is 3. The number of carbonyl (C=O) groups is 1. The number of methoxy groups -OCH3 is 1. The molecule has 1 aliphatic rings. The van der Waals surface area contributed by atoms with Gasteiger partial charge in [0, 0.05) is 35.1 Å². The second-order valence-corrected chi connectivity index (χ2v) is 7.09. The van der Waals surface area contributed by atoms with E-state index in [4.69, 9.17) is 4.74 Å². The SMILES string of the molecule is COc1ccccc1C=NNC(=O)CCn1c2c(c3ccccc31)CCCC2. The van der Waals surface area contributed by atoms with Crippen LogP contribution in [-0.4, -0.2) is 23.8 Å². The summed E-state index contributed by atoms with van der Waals surface area (Å²) >= 11 is 0. The van der Waals surface area contributed by atoms with Crippen molar-refractivity contribution in [1.29, 1.82) is 0 Å². The molecule has 5 nitrogen and oxygen atoms in total. The van der Waals surface area contributed by atoms with Crippen molar-refractivity contribution in [3.8, 4) is 5.75 Å². The van der Waals surface area contributed by atoms with E-state index in [-0.39, 0.29) is 5.91 Å². The van der Waals surface area contributed by atoms with Crippen molar-refractivity contribution in [1.82, 2.24) is 9.99 Å². The molecule has 0 saturated carbocycles. The smallest absolute Gasteiger partial charge is 0.241 e. The predicted octanol–water partition coefficient (Wildman–Crippen LogP) is 4.07. The van der Waals surface area contributed by atoms with Gasteiger partial charge < -0.3 is 9.30 Å². The molecule has 0 radical (unpaired) electrons. The summed E-state index contributed by atoms with van der Waals surface area (Å²) < 4.78 is 7.61. The Hall–Kier alpha value is -3.08. The van der Waals surface area contributed by atoms with E-state index in [9.17, 15) is 4.79 Å². The molecule has 0 saturated heterocycles. The number of amides is 1. The zero-order chi connectivity index (χ0) is 19.3. The van der Waals surface area contributed by atoms with Crippen LogP contribution in [0.15, 0.2) is 53.6 Å². The van der Waals surface area contributed by atoms with Crippen molar-refractivity contribution >= 4 is 23.0 Å². The van der Waals surface area contributed by atoms with Crippen LogP contribution in [0.25, 0.3) is 10.9 Å². The van der Waals surface area contributed by atoms with Crippen molar-refractivity contribution in [2.45, 2.75) is 38.6 Å². The maximum Gasteiger partial charge on any atom is 0.241 e. The predicted molar refractivity (Wildman–Crippen MR) is 112 cm³/mol. The Bertz CT molecular complexity index is 1020. The molecule has 3 aromatic rings. The number of carbonyl (C=O) groups excluding carboxylic acids is 1. The lowest BCUT2D eigenvalue weighted by Gasteiger charge is -2.15. The van der Waals surface area contributed by atoms with Gasteiger partial charge in [-0.3, -0.25) is 4.79 Å². The van der Waals surface area contributed by atoms with E-state index in [0.717, 1.165) is 24.2 Å². The fraction of sp³-hybridized carbons (Fsp3) is 0.304. The summed E-state index contributed by atoms with van der Waals surface area (Å²) in [4.78, 5) is 12.3. The summed E-state index contributed by atoms with van der Waals surface area (Å²) in [6.45, 7) is 0.672. The molecule has 2 aromatic carbocycles. The lowest BCUT2D eigenvalue weighted by Crippen LogP contribution is -2.20. The fourth-order valence-corrected chi connectivity index (χ4v) is 4.06. The molecule has 5 heteroatoms. The molecule has 0 spiro atoms. The van der Waals surface area contributed by atoms with Crippen LogP contribution in [0.3, 0.4) is 0 Å². The number of hydrazone groups is 1. The van der Waals surface area contributed by atoms with Crippen LogP contribution in [0.4, 0.5) is 0 Å². The number of nitrogens with one attached hydrogen (secondary N) is 1. The quantitative estimate of drug-likeness (QED) is 0.522. The Morgan fingerprint density at radius 2 is 1.93 bits per heavy atom. The molecule has 28 heavy (non-hydrogen) atoms. The lowest BCUT2D eigenvalue weighted by atomic mass is 9.95. The topological polar surface area (TPSA) is 55.6 Å². The van der Waals surface area contributed by atoms with E-state index >= 15 is 0 Å². The van der Waals surface area contributed by atoms with E-state index in [2.05, 4.69) is 39.4 Å². The monoisotopic (exact) mass is 375 g/mol. The molecular weight excluding hydrogens is 350 g/mol. The van der Waals surface area contributed by atoms with Crippen molar-refractivity contribution in [3.63, 3.8) is 0 Å². The molecule has 0 unspecified atom stereocenters. The third kappa shape index (κ3) is 3.65. The van der Waals surface area contributed by atoms with E-state index < -0.39 is 0 Å². The molecule has 4 rings (SSSR count). The minimum Gasteiger partial charge on any atom is -0.496 e. The third-order valence-electron chi connectivity index (χ3n) is 5.38. The average molecular weight is 375 g/mol. The highest BCUT2D eigenvalue weighted by Crippen LogP contribution is 2.32. The first-order valence-corrected chi connectivity index (χ1v) is 9.82. The van der Waals surface area contributed by atoms with Crippen molar-refractivity contribution in [2.24, 2.45) is 5.10 Å². The Balaban J connectivity index is 1.44. The second-order valence-electron chi connectivity index (χ2n) is 7.09. The van der Waals surface area contributed by atoms with E-state index in [1.54, 1.807) is 13.3 Å². The van der Waals surface area contributed by atoms with Crippen LogP contribution in [0.1, 0.15) is 36.1 Å². The molecule has 1 aromatic heterocycles. The van der Waals surface area contributed by atoms with Crippen molar-refractivity contribution < 1.29 is 9.53 Å². The van der Waals surface area contributed by atoms with Crippen LogP contribution in [0.2, 0.25) is 0 Å². The Kier molecular flexibility index (Phi) is 5.42. The fourth-order valence-electron chi connectivity index (χ4n) is 4.06. The van der Waals surface area contributed by atoms with Gasteiger partial charge in [-0.05, 0) is 49.4 Å². The summed E-state index contributed by atoms with van der Waals surface area (Å²) in [5, 5.41) is 5.43. The number of benzene rings is 2. The largest absolute Gasteiger partial charge is 0.496 e. The van der Waals surface area contributed by atoms with Crippen LogP contribution < -0.4 is 10.2 Å². The third-order valence-corrected chi connectivity index (χ3v) is 5.38. The molecule has 1 heterocycles. The number of para-hydroxylation sites is 2. The summed E-state index contributed by atoms with van der Waals surface area (Å²) in [6.07, 6.45) is 6.71. The zero-order valence-corrected chi connectivity index (χ0v) is 16.1. The Labute approximate surface area is 165 Å². The van der Waals surface area contributed by atoms with Gasteiger partial charge in [0.1, 0.15) is 5.75 Å². The van der Waals surface area contributed by atoms with Crippen LogP contribution >= 0.6 is 0 Å².